The number of carboxylic acid groups (broad SMARTS) is 1. The highest BCUT2D eigenvalue weighted by molar-refractivity contribution is 5.98. The number of hydrogen-bond donors (Lipinski definition) is 18. The number of nitrogens with two attached hydrogens (primary N) is 5. The van der Waals surface area contributed by atoms with E-state index in [2.05, 4.69) is 67.8 Å². The van der Waals surface area contributed by atoms with Crippen LogP contribution in [-0.4, -0.2) is 183 Å². The maximum atomic E-state index is 14.2. The molecule has 0 saturated carbocycles. The van der Waals surface area contributed by atoms with Crippen LogP contribution in [-0.2, 0) is 60.8 Å². The highest BCUT2D eigenvalue weighted by Crippen LogP contribution is 2.13. The predicted molar refractivity (Wildman–Crippen MR) is 309 cm³/mol. The summed E-state index contributed by atoms with van der Waals surface area (Å²) < 4.78 is 0. The minimum absolute atomic E-state index is 0.000289. The quantitative estimate of drug-likeness (QED) is 0.0170. The fourth-order valence-corrected chi connectivity index (χ4v) is 8.17. The van der Waals surface area contributed by atoms with Crippen LogP contribution in [0.1, 0.15) is 105 Å². The second kappa shape index (κ2) is 36.9. The Balaban J connectivity index is 2.31. The van der Waals surface area contributed by atoms with Crippen molar-refractivity contribution >= 4 is 71.1 Å². The molecule has 1 aromatic carbocycles. The Bertz CT molecular complexity index is 2520. The van der Waals surface area contributed by atoms with Gasteiger partial charge in [-0.2, -0.15) is 0 Å². The molecule has 1 heterocycles. The molecule has 0 aliphatic heterocycles. The van der Waals surface area contributed by atoms with E-state index in [9.17, 15) is 63.3 Å². The second-order valence-electron chi connectivity index (χ2n) is 20.9. The van der Waals surface area contributed by atoms with Gasteiger partial charge in [-0.3, -0.25) is 53.1 Å². The third-order valence-electron chi connectivity index (χ3n) is 13.1. The number of nitrogens with one attached hydrogen (secondary N) is 10. The van der Waals surface area contributed by atoms with Gasteiger partial charge >= 0.3 is 5.97 Å². The number of carbonyl (C=O) groups is 10. The van der Waals surface area contributed by atoms with Gasteiger partial charge < -0.3 is 96.8 Å². The fourth-order valence-electron chi connectivity index (χ4n) is 8.17. The number of aliphatic imine (C=N–C) groups is 2. The van der Waals surface area contributed by atoms with E-state index in [1.807, 2.05) is 0 Å². The van der Waals surface area contributed by atoms with Gasteiger partial charge in [-0.1, -0.05) is 64.4 Å². The van der Waals surface area contributed by atoms with Gasteiger partial charge in [-0.25, -0.2) is 9.78 Å². The van der Waals surface area contributed by atoms with E-state index in [0.29, 0.717) is 18.5 Å². The smallest absolute Gasteiger partial charge is 0.326 e. The molecule has 23 N–H and O–H groups in total. The average molecular weight is 1190 g/mol. The first-order chi connectivity index (χ1) is 39.5. The number of aliphatic carboxylic acids is 1. The van der Waals surface area contributed by atoms with Crippen molar-refractivity contribution in [3.05, 3.63) is 54.1 Å². The summed E-state index contributed by atoms with van der Waals surface area (Å²) in [4.78, 5) is 150. The number of benzene rings is 1. The Morgan fingerprint density at radius 3 is 1.65 bits per heavy atom. The Labute approximate surface area is 487 Å². The van der Waals surface area contributed by atoms with Crippen molar-refractivity contribution in [2.24, 2.45) is 50.5 Å². The molecule has 1 aromatic heterocycles. The Kier molecular flexibility index (Phi) is 31.5. The van der Waals surface area contributed by atoms with Crippen molar-refractivity contribution in [1.82, 2.24) is 57.8 Å². The molecule has 0 radical (unpaired) electrons. The molecule has 0 aliphatic carbocycles. The molecule has 9 amide bonds. The van der Waals surface area contributed by atoms with Gasteiger partial charge in [0, 0.05) is 31.4 Å². The molecule has 0 saturated heterocycles. The number of aliphatic hydroxyl groups excluding tert-OH is 2. The molecule has 0 fully saturated rings. The summed E-state index contributed by atoms with van der Waals surface area (Å²) in [6, 6.07) is -3.60. The Morgan fingerprint density at radius 2 is 1.11 bits per heavy atom. The number of rotatable bonds is 38. The standard InChI is InChI=1S/C53H88N18O13/c1-8-28(4)40(49(81)68-38(51(83)84)22-27(2)3)69-46(78)35(17-13-21-61-53(57)58)65-39(74)25-62-48(80)41(30(6)72)71-50(82)42(31(7)73)70-47(79)37(23-33-24-59-26-63-33)67-45(77)36(19-18-32-14-10-9-11-15-32)66-43(75)29(5)64-44(76)34(54)16-12-20-60-52(55)56/h9-11,14-15,24,26-31,34-38,40-42,72-73H,8,12-13,16-23,25,54H2,1-7H3,(H,59,63)(H,62,80)(H,64,76)(H,65,74)(H,66,75)(H,67,77)(H,68,81)(H,69,78)(H,70,79)(H,71,82)(H,83,84)(H4,55,56,60)(H4,57,58,61)/t28?,29-,30+,31+,34-,35+,36-,37-,38+,40-,41-,42-/m0/s1. The Morgan fingerprint density at radius 1 is 0.595 bits per heavy atom. The zero-order valence-electron chi connectivity index (χ0n) is 48.7. The van der Waals surface area contributed by atoms with Crippen molar-refractivity contribution in [1.29, 1.82) is 0 Å². The number of aliphatic hydroxyl groups is 2. The Hall–Kier alpha value is -8.45. The number of aromatic nitrogens is 2. The lowest BCUT2D eigenvalue weighted by Gasteiger charge is -2.28. The molecular formula is C53H88N18O13. The van der Waals surface area contributed by atoms with Gasteiger partial charge in [0.25, 0.3) is 0 Å². The summed E-state index contributed by atoms with van der Waals surface area (Å²) in [5, 5.41) is 53.6. The van der Waals surface area contributed by atoms with Crippen LogP contribution in [0.2, 0.25) is 0 Å². The molecular weight excluding hydrogens is 1100 g/mol. The summed E-state index contributed by atoms with van der Waals surface area (Å²) >= 11 is 0. The van der Waals surface area contributed by atoms with Crippen molar-refractivity contribution in [2.45, 2.75) is 173 Å². The number of H-pyrrole nitrogens is 1. The van der Waals surface area contributed by atoms with Gasteiger partial charge in [0.15, 0.2) is 11.9 Å². The molecule has 31 heteroatoms. The number of carboxylic acids is 1. The lowest BCUT2D eigenvalue weighted by molar-refractivity contribution is -0.143. The number of guanidine groups is 2. The highest BCUT2D eigenvalue weighted by Gasteiger charge is 2.37. The predicted octanol–water partition coefficient (Wildman–Crippen LogP) is -5.03. The number of aromatic amines is 1. The summed E-state index contributed by atoms with van der Waals surface area (Å²) in [5.41, 5.74) is 28.8. The molecule has 1 unspecified atom stereocenters. The van der Waals surface area contributed by atoms with Gasteiger partial charge in [-0.05, 0) is 83.1 Å². The molecule has 2 aromatic rings. The van der Waals surface area contributed by atoms with Crippen molar-refractivity contribution in [3.63, 3.8) is 0 Å². The van der Waals surface area contributed by atoms with Gasteiger partial charge in [0.1, 0.15) is 48.3 Å². The molecule has 2 rings (SSSR count). The molecule has 468 valence electrons. The van der Waals surface area contributed by atoms with Crippen molar-refractivity contribution < 1.29 is 63.3 Å². The van der Waals surface area contributed by atoms with Crippen LogP contribution in [0.3, 0.4) is 0 Å². The molecule has 31 nitrogen and oxygen atoms in total. The van der Waals surface area contributed by atoms with Gasteiger partial charge in [0.2, 0.25) is 53.2 Å². The molecule has 0 spiro atoms. The van der Waals surface area contributed by atoms with Crippen LogP contribution in [0.25, 0.3) is 0 Å². The van der Waals surface area contributed by atoms with E-state index in [-0.39, 0.29) is 75.9 Å². The van der Waals surface area contributed by atoms with Crippen LogP contribution >= 0.6 is 0 Å². The fraction of sp³-hybridized carbons (Fsp3) is 0.604. The lowest BCUT2D eigenvalue weighted by Crippen LogP contribution is -2.62. The highest BCUT2D eigenvalue weighted by atomic mass is 16.4. The first-order valence-electron chi connectivity index (χ1n) is 27.7. The van der Waals surface area contributed by atoms with E-state index in [1.165, 1.54) is 19.4 Å². The first-order valence-corrected chi connectivity index (χ1v) is 27.7. The number of nitrogens with zero attached hydrogens (tertiary/aromatic N) is 3. The number of aryl methyl sites for hydroxylation is 1. The molecule has 0 aliphatic rings. The van der Waals surface area contributed by atoms with Crippen molar-refractivity contribution in [3.8, 4) is 0 Å². The summed E-state index contributed by atoms with van der Waals surface area (Å²) in [6.45, 7) is 10.1. The van der Waals surface area contributed by atoms with E-state index >= 15 is 0 Å². The van der Waals surface area contributed by atoms with E-state index < -0.39 is 138 Å². The number of carbonyl (C=O) groups excluding carboxylic acids is 9. The normalized spacial score (nSPS) is 15.4. The molecule has 0 bridgehead atoms. The van der Waals surface area contributed by atoms with E-state index in [4.69, 9.17) is 28.7 Å². The SMILES string of the molecule is CCC(C)[C@H](NC(=O)[C@@H](CCCN=C(N)N)NC(=O)CNC(=O)[C@@H](NC(=O)[C@@H](NC(=O)[C@H](Cc1cnc[nH]1)NC(=O)[C@H](CCc1ccccc1)NC(=O)[C@H](C)NC(=O)[C@@H](N)CCCN=C(N)N)[C@@H](C)O)[C@@H](C)O)C(=O)N[C@H](CC(C)C)C(=O)O. The largest absolute Gasteiger partial charge is 0.480 e. The van der Waals surface area contributed by atoms with Crippen LogP contribution in [0, 0.1) is 11.8 Å². The van der Waals surface area contributed by atoms with E-state index in [1.54, 1.807) is 58.0 Å². The second-order valence-corrected chi connectivity index (χ2v) is 20.9. The monoisotopic (exact) mass is 1180 g/mol. The molecule has 12 atom stereocenters. The van der Waals surface area contributed by atoms with E-state index in [0.717, 1.165) is 19.4 Å². The van der Waals surface area contributed by atoms with Gasteiger partial charge in [0.05, 0.1) is 31.1 Å². The lowest BCUT2D eigenvalue weighted by atomic mass is 9.96. The zero-order valence-corrected chi connectivity index (χ0v) is 48.7. The maximum absolute atomic E-state index is 14.2. The summed E-state index contributed by atoms with van der Waals surface area (Å²) in [5.74, 6) is -10.4. The first kappa shape index (κ1) is 71.7. The van der Waals surface area contributed by atoms with Crippen LogP contribution < -0.4 is 76.5 Å². The summed E-state index contributed by atoms with van der Waals surface area (Å²) in [6.07, 6.45) is 0.457. The summed E-state index contributed by atoms with van der Waals surface area (Å²) in [7, 11) is 0. The molecule has 84 heavy (non-hydrogen) atoms. The topological polar surface area (TPSA) is 523 Å². The maximum Gasteiger partial charge on any atom is 0.326 e. The number of amides is 9. The van der Waals surface area contributed by atoms with Crippen LogP contribution in [0.5, 0.6) is 0 Å². The zero-order chi connectivity index (χ0) is 63.2. The van der Waals surface area contributed by atoms with Crippen LogP contribution in [0.15, 0.2) is 52.8 Å². The minimum atomic E-state index is -1.85. The minimum Gasteiger partial charge on any atom is -0.480 e. The third kappa shape index (κ3) is 26.6. The van der Waals surface area contributed by atoms with Gasteiger partial charge in [-0.15, -0.1) is 0 Å². The third-order valence-corrected chi connectivity index (χ3v) is 13.1. The average Bonchev–Trinajstić information content (AvgIpc) is 4.11. The number of imidazole rings is 1. The van der Waals surface area contributed by atoms with Crippen LogP contribution in [0.4, 0.5) is 0 Å². The number of hydrogen-bond acceptors (Lipinski definition) is 16. The van der Waals surface area contributed by atoms with Crippen molar-refractivity contribution in [2.75, 3.05) is 19.6 Å².